The Balaban J connectivity index is 4.46. The highest BCUT2D eigenvalue weighted by Crippen LogP contribution is 2.13. The van der Waals surface area contributed by atoms with E-state index in [0.29, 0.717) is 45.4 Å². The van der Waals surface area contributed by atoms with Crippen molar-refractivity contribution in [3.05, 3.63) is 0 Å². The molecule has 14 N–H and O–H groups in total. The van der Waals surface area contributed by atoms with Gasteiger partial charge in [-0.25, -0.2) is 0 Å². The third-order valence-corrected chi connectivity index (χ3v) is 8.00. The average Bonchev–Trinajstić information content (AvgIpc) is 2.98. The van der Waals surface area contributed by atoms with E-state index >= 15 is 0 Å². The fraction of sp³-hybridized carbons (Fsp3) is 0.906. The predicted molar refractivity (Wildman–Crippen MR) is 169 cm³/mol. The van der Waals surface area contributed by atoms with Crippen molar-refractivity contribution in [2.24, 2.45) is 0 Å². The predicted octanol–water partition coefficient (Wildman–Crippen LogP) is 0.574. The molecule has 0 radical (unpaired) electrons. The first-order valence-electron chi connectivity index (χ1n) is 17.4. The van der Waals surface area contributed by atoms with Gasteiger partial charge in [0.15, 0.2) is 12.1 Å². The summed E-state index contributed by atoms with van der Waals surface area (Å²) in [5.74, 6) is 0.145. The molecule has 0 fully saturated rings. The van der Waals surface area contributed by atoms with Gasteiger partial charge in [0.1, 0.15) is 0 Å². The lowest BCUT2D eigenvalue weighted by Gasteiger charge is -2.23. The van der Waals surface area contributed by atoms with Crippen LogP contribution in [0.1, 0.15) is 135 Å². The number of quaternary nitrogens is 4. The quantitative estimate of drug-likeness (QED) is 0.0658. The van der Waals surface area contributed by atoms with E-state index in [2.05, 4.69) is 40.5 Å². The van der Waals surface area contributed by atoms with Crippen molar-refractivity contribution in [3.63, 3.8) is 0 Å². The molecule has 0 saturated heterocycles. The van der Waals surface area contributed by atoms with Gasteiger partial charge in [0, 0.05) is 45.4 Å². The zero-order valence-electron chi connectivity index (χ0n) is 27.5. The molecule has 0 aromatic carbocycles. The SMILES string of the molecule is CCCCCCCCCCCCCC(=O)N(CCCNC(=O)[C@H]([NH3+])CCCC[NH3+])CCCNC(=O)[C@H]([NH3+])CCCC[NH3+]. The number of amides is 3. The lowest BCUT2D eigenvalue weighted by molar-refractivity contribution is -0.406. The minimum Gasteiger partial charge on any atom is -0.358 e. The van der Waals surface area contributed by atoms with Crippen molar-refractivity contribution in [1.29, 1.82) is 0 Å². The Hall–Kier alpha value is -1.75. The number of rotatable bonds is 30. The number of hydrogen-bond donors (Lipinski definition) is 6. The van der Waals surface area contributed by atoms with E-state index in [-0.39, 0.29) is 29.8 Å². The van der Waals surface area contributed by atoms with Crippen LogP contribution in [-0.2, 0) is 14.4 Å². The maximum absolute atomic E-state index is 13.1. The molecule has 248 valence electrons. The van der Waals surface area contributed by atoms with E-state index in [9.17, 15) is 14.4 Å². The van der Waals surface area contributed by atoms with Crippen molar-refractivity contribution in [2.75, 3.05) is 39.3 Å². The van der Waals surface area contributed by atoms with Crippen molar-refractivity contribution in [2.45, 2.75) is 147 Å². The summed E-state index contributed by atoms with van der Waals surface area (Å²) in [6.07, 6.45) is 21.4. The first-order chi connectivity index (χ1) is 20.4. The zero-order chi connectivity index (χ0) is 31.3. The van der Waals surface area contributed by atoms with Crippen LogP contribution < -0.4 is 33.6 Å². The molecule has 0 rings (SSSR count). The summed E-state index contributed by atoms with van der Waals surface area (Å²) in [6.45, 7) is 6.31. The van der Waals surface area contributed by atoms with Crippen LogP contribution in [0.25, 0.3) is 0 Å². The number of nitrogens with one attached hydrogen (secondary N) is 2. The van der Waals surface area contributed by atoms with Gasteiger partial charge in [0.05, 0.1) is 13.1 Å². The van der Waals surface area contributed by atoms with E-state index in [1.54, 1.807) is 0 Å². The summed E-state index contributed by atoms with van der Waals surface area (Å²) in [5, 5.41) is 5.97. The van der Waals surface area contributed by atoms with E-state index in [1.165, 1.54) is 57.8 Å². The van der Waals surface area contributed by atoms with Crippen molar-refractivity contribution < 1.29 is 37.3 Å². The van der Waals surface area contributed by atoms with Gasteiger partial charge in [-0.05, 0) is 44.9 Å². The second-order valence-corrected chi connectivity index (χ2v) is 12.0. The van der Waals surface area contributed by atoms with Crippen LogP contribution in [-0.4, -0.2) is 74.0 Å². The molecule has 0 aromatic rings. The van der Waals surface area contributed by atoms with Crippen LogP contribution in [0.4, 0.5) is 0 Å². The Labute approximate surface area is 257 Å². The molecule has 0 saturated carbocycles. The molecule has 0 bridgehead atoms. The summed E-state index contributed by atoms with van der Waals surface area (Å²) < 4.78 is 0. The maximum atomic E-state index is 13.1. The second kappa shape index (κ2) is 29.3. The fourth-order valence-corrected chi connectivity index (χ4v) is 5.11. The summed E-state index contributed by atoms with van der Waals surface area (Å²) in [5.41, 5.74) is 15.7. The molecular weight excluding hydrogens is 530 g/mol. The van der Waals surface area contributed by atoms with Crippen LogP contribution >= 0.6 is 0 Å². The van der Waals surface area contributed by atoms with Gasteiger partial charge in [-0.3, -0.25) is 14.4 Å². The average molecular weight is 602 g/mol. The second-order valence-electron chi connectivity index (χ2n) is 12.0. The topological polar surface area (TPSA) is 189 Å². The van der Waals surface area contributed by atoms with Crippen molar-refractivity contribution >= 4 is 17.7 Å². The highest BCUT2D eigenvalue weighted by atomic mass is 16.2. The Bertz CT molecular complexity index is 630. The van der Waals surface area contributed by atoms with E-state index < -0.39 is 0 Å². The van der Waals surface area contributed by atoms with Gasteiger partial charge in [-0.2, -0.15) is 0 Å². The molecule has 3 amide bonds. The normalized spacial score (nSPS) is 12.6. The maximum Gasteiger partial charge on any atom is 0.278 e. The van der Waals surface area contributed by atoms with E-state index in [1.807, 2.05) is 4.90 Å². The lowest BCUT2D eigenvalue weighted by Crippen LogP contribution is -2.67. The number of unbranched alkanes of at least 4 members (excludes halogenated alkanes) is 12. The largest absolute Gasteiger partial charge is 0.358 e. The van der Waals surface area contributed by atoms with Gasteiger partial charge in [0.25, 0.3) is 11.8 Å². The molecule has 0 aliphatic heterocycles. The molecule has 2 atom stereocenters. The molecule has 0 spiro atoms. The minimum absolute atomic E-state index is 0.0152. The molecule has 42 heavy (non-hydrogen) atoms. The van der Waals surface area contributed by atoms with Crippen LogP contribution in [0.3, 0.4) is 0 Å². The van der Waals surface area contributed by atoms with Gasteiger partial charge in [0.2, 0.25) is 5.91 Å². The minimum atomic E-state index is -0.241. The smallest absolute Gasteiger partial charge is 0.278 e. The molecule has 10 heteroatoms. The van der Waals surface area contributed by atoms with Crippen LogP contribution in [0, 0.1) is 0 Å². The number of carbonyl (C=O) groups is 3. The van der Waals surface area contributed by atoms with E-state index in [0.717, 1.165) is 64.5 Å². The van der Waals surface area contributed by atoms with E-state index in [4.69, 9.17) is 0 Å². The third kappa shape index (κ3) is 23.8. The van der Waals surface area contributed by atoms with Crippen molar-refractivity contribution in [1.82, 2.24) is 15.5 Å². The van der Waals surface area contributed by atoms with Gasteiger partial charge in [-0.1, -0.05) is 71.1 Å². The molecular formula is C32H71N7O3+4. The molecule has 0 heterocycles. The first kappa shape index (κ1) is 40.2. The Morgan fingerprint density at radius 1 is 0.571 bits per heavy atom. The van der Waals surface area contributed by atoms with Crippen molar-refractivity contribution in [3.8, 4) is 0 Å². The number of carbonyl (C=O) groups excluding carboxylic acids is 3. The molecule has 0 aliphatic carbocycles. The zero-order valence-corrected chi connectivity index (χ0v) is 27.5. The Morgan fingerprint density at radius 3 is 1.38 bits per heavy atom. The molecule has 10 nitrogen and oxygen atoms in total. The molecule has 0 unspecified atom stereocenters. The first-order valence-corrected chi connectivity index (χ1v) is 17.4. The highest BCUT2D eigenvalue weighted by Gasteiger charge is 2.18. The molecule has 0 aromatic heterocycles. The van der Waals surface area contributed by atoms with Gasteiger partial charge < -0.3 is 38.5 Å². The summed E-state index contributed by atoms with van der Waals surface area (Å²) in [7, 11) is 0. The number of hydrogen-bond acceptors (Lipinski definition) is 3. The summed E-state index contributed by atoms with van der Waals surface area (Å²) >= 11 is 0. The van der Waals surface area contributed by atoms with Gasteiger partial charge in [-0.15, -0.1) is 0 Å². The van der Waals surface area contributed by atoms with Crippen LogP contribution in [0.15, 0.2) is 0 Å². The Kier molecular flexibility index (Phi) is 28.1. The third-order valence-electron chi connectivity index (χ3n) is 8.00. The highest BCUT2D eigenvalue weighted by molar-refractivity contribution is 5.80. The standard InChI is InChI=1S/C32H67N7O3/c1-2-3-4-5-6-7-8-9-10-11-12-21-30(40)39(26-17-24-37-31(41)28(35)19-13-15-22-33)27-18-25-38-32(42)29(36)20-14-16-23-34/h28-29H,2-27,33-36H2,1H3,(H,37,41)(H,38,42)/p+4/t28-,29-/m1/s1. The lowest BCUT2D eigenvalue weighted by atomic mass is 10.1. The van der Waals surface area contributed by atoms with Crippen LogP contribution in [0.5, 0.6) is 0 Å². The summed E-state index contributed by atoms with van der Waals surface area (Å²) in [6, 6.07) is -0.482. The fourth-order valence-electron chi connectivity index (χ4n) is 5.11. The molecule has 0 aliphatic rings. The van der Waals surface area contributed by atoms with Gasteiger partial charge >= 0.3 is 0 Å². The number of nitrogens with zero attached hydrogens (tertiary/aromatic N) is 1. The Morgan fingerprint density at radius 2 is 0.976 bits per heavy atom. The summed E-state index contributed by atoms with van der Waals surface area (Å²) in [4.78, 5) is 39.7. The van der Waals surface area contributed by atoms with Crippen LogP contribution in [0.2, 0.25) is 0 Å². The monoisotopic (exact) mass is 602 g/mol.